The topological polar surface area (TPSA) is 122 Å². The van der Waals surface area contributed by atoms with E-state index < -0.39 is 5.97 Å². The maximum atomic E-state index is 10.9. The van der Waals surface area contributed by atoms with Crippen molar-refractivity contribution in [1.82, 2.24) is 35.4 Å². The highest BCUT2D eigenvalue weighted by atomic mass is 16.4. The summed E-state index contributed by atoms with van der Waals surface area (Å²) in [6, 6.07) is 16.2. The maximum absolute atomic E-state index is 10.9. The normalized spacial score (nSPS) is 11.0. The molecular formula is C22H23N7O2. The molecule has 4 aromatic rings. The summed E-state index contributed by atoms with van der Waals surface area (Å²) in [5.74, 6) is 1.18. The minimum Gasteiger partial charge on any atom is -0.481 e. The van der Waals surface area contributed by atoms with Gasteiger partial charge in [0.2, 0.25) is 5.82 Å². The lowest BCUT2D eigenvalue weighted by molar-refractivity contribution is -0.137. The summed E-state index contributed by atoms with van der Waals surface area (Å²) in [7, 11) is 0. The van der Waals surface area contributed by atoms with Crippen molar-refractivity contribution in [2.45, 2.75) is 39.2 Å². The van der Waals surface area contributed by atoms with Crippen molar-refractivity contribution < 1.29 is 9.90 Å². The van der Waals surface area contributed by atoms with Crippen LogP contribution in [-0.2, 0) is 24.2 Å². The molecule has 0 saturated heterocycles. The number of H-pyrrole nitrogens is 1. The molecule has 2 aromatic heterocycles. The molecule has 0 spiro atoms. The van der Waals surface area contributed by atoms with Gasteiger partial charge in [0, 0.05) is 18.4 Å². The Morgan fingerprint density at radius 3 is 2.52 bits per heavy atom. The first-order valence-electron chi connectivity index (χ1n) is 10.2. The Bertz CT molecular complexity index is 1150. The number of carbonyl (C=O) groups is 1. The van der Waals surface area contributed by atoms with Crippen LogP contribution >= 0.6 is 0 Å². The first kappa shape index (κ1) is 20.4. The van der Waals surface area contributed by atoms with Gasteiger partial charge in [0.15, 0.2) is 5.82 Å². The van der Waals surface area contributed by atoms with E-state index in [1.54, 1.807) is 0 Å². The number of aromatic amines is 1. The predicted octanol–water partition coefficient (Wildman–Crippen LogP) is 3.14. The molecule has 4 rings (SSSR count). The molecule has 0 bridgehead atoms. The van der Waals surface area contributed by atoms with Crippen molar-refractivity contribution in [3.8, 4) is 22.5 Å². The van der Waals surface area contributed by atoms with E-state index in [1.165, 1.54) is 0 Å². The van der Waals surface area contributed by atoms with E-state index in [1.807, 2.05) is 28.9 Å². The molecule has 2 N–H and O–H groups in total. The third-order valence-electron chi connectivity index (χ3n) is 4.94. The monoisotopic (exact) mass is 417 g/mol. The summed E-state index contributed by atoms with van der Waals surface area (Å²) in [5, 5.41) is 27.8. The zero-order valence-corrected chi connectivity index (χ0v) is 17.2. The number of aliphatic carboxylic acids is 1. The second-order valence-electron chi connectivity index (χ2n) is 7.22. The molecule has 0 saturated carbocycles. The smallest absolute Gasteiger partial charge is 0.303 e. The summed E-state index contributed by atoms with van der Waals surface area (Å²) < 4.78 is 1.88. The molecule has 158 valence electrons. The van der Waals surface area contributed by atoms with Crippen LogP contribution in [0.4, 0.5) is 0 Å². The van der Waals surface area contributed by atoms with Crippen molar-refractivity contribution >= 4 is 5.97 Å². The fourth-order valence-corrected chi connectivity index (χ4v) is 3.45. The molecule has 0 atom stereocenters. The zero-order chi connectivity index (χ0) is 21.6. The highest BCUT2D eigenvalue weighted by molar-refractivity contribution is 5.80. The lowest BCUT2D eigenvalue weighted by atomic mass is 9.98. The van der Waals surface area contributed by atoms with Gasteiger partial charge in [-0.2, -0.15) is 10.3 Å². The van der Waals surface area contributed by atoms with Gasteiger partial charge in [-0.1, -0.05) is 55.5 Å². The SMILES string of the molecule is CCCc1nc(CCC(=O)O)nn1Cc1ccc(-c2ccccc2-c2nn[nH]n2)cc1. The average Bonchev–Trinajstić information content (AvgIpc) is 3.44. The minimum atomic E-state index is -0.843. The number of benzene rings is 2. The van der Waals surface area contributed by atoms with Gasteiger partial charge in [0.1, 0.15) is 5.82 Å². The Balaban J connectivity index is 1.55. The summed E-state index contributed by atoms with van der Waals surface area (Å²) in [6.07, 6.45) is 2.12. The van der Waals surface area contributed by atoms with Crippen LogP contribution in [0.2, 0.25) is 0 Å². The van der Waals surface area contributed by atoms with Gasteiger partial charge < -0.3 is 5.11 Å². The van der Waals surface area contributed by atoms with Crippen molar-refractivity contribution in [1.29, 1.82) is 0 Å². The molecule has 9 heteroatoms. The minimum absolute atomic E-state index is 0.0318. The summed E-state index contributed by atoms with van der Waals surface area (Å²) in [6.45, 7) is 2.67. The van der Waals surface area contributed by atoms with Crippen molar-refractivity contribution in [2.75, 3.05) is 0 Å². The molecule has 0 aliphatic heterocycles. The Labute approximate surface area is 179 Å². The van der Waals surface area contributed by atoms with Gasteiger partial charge in [-0.25, -0.2) is 9.67 Å². The average molecular weight is 417 g/mol. The highest BCUT2D eigenvalue weighted by Gasteiger charge is 2.13. The lowest BCUT2D eigenvalue weighted by Gasteiger charge is -2.09. The molecule has 31 heavy (non-hydrogen) atoms. The van der Waals surface area contributed by atoms with Crippen molar-refractivity contribution in [3.05, 3.63) is 65.7 Å². The van der Waals surface area contributed by atoms with E-state index in [2.05, 4.69) is 61.9 Å². The Morgan fingerprint density at radius 2 is 1.84 bits per heavy atom. The van der Waals surface area contributed by atoms with Gasteiger partial charge in [-0.15, -0.1) is 10.2 Å². The highest BCUT2D eigenvalue weighted by Crippen LogP contribution is 2.29. The largest absolute Gasteiger partial charge is 0.481 e. The Hall–Kier alpha value is -3.88. The molecule has 0 aliphatic rings. The maximum Gasteiger partial charge on any atom is 0.303 e. The van der Waals surface area contributed by atoms with E-state index in [0.29, 0.717) is 24.6 Å². The molecule has 0 amide bonds. The van der Waals surface area contributed by atoms with Gasteiger partial charge >= 0.3 is 5.97 Å². The Morgan fingerprint density at radius 1 is 1.06 bits per heavy atom. The summed E-state index contributed by atoms with van der Waals surface area (Å²) in [5.41, 5.74) is 4.08. The number of carboxylic acid groups (broad SMARTS) is 1. The third kappa shape index (κ3) is 4.82. The number of nitrogens with zero attached hydrogens (tertiary/aromatic N) is 6. The molecule has 9 nitrogen and oxygen atoms in total. The van der Waals surface area contributed by atoms with Crippen LogP contribution < -0.4 is 0 Å². The zero-order valence-electron chi connectivity index (χ0n) is 17.2. The van der Waals surface area contributed by atoms with E-state index >= 15 is 0 Å². The molecule has 0 unspecified atom stereocenters. The fraction of sp³-hybridized carbons (Fsp3) is 0.273. The van der Waals surface area contributed by atoms with Crippen molar-refractivity contribution in [2.24, 2.45) is 0 Å². The van der Waals surface area contributed by atoms with Crippen LogP contribution in [0.15, 0.2) is 48.5 Å². The van der Waals surface area contributed by atoms with Gasteiger partial charge in [0.05, 0.1) is 13.0 Å². The molecule has 0 aliphatic carbocycles. The standard InChI is InChI=1S/C22H23N7O2/c1-2-5-20-23-19(12-13-21(30)31)26-29(20)14-15-8-10-16(11-9-15)17-6-3-4-7-18(17)22-24-27-28-25-22/h3-4,6-11H,2,5,12-14H2,1H3,(H,30,31)(H,24,25,27,28). The first-order valence-corrected chi connectivity index (χ1v) is 10.2. The van der Waals surface area contributed by atoms with Crippen LogP contribution in [-0.4, -0.2) is 46.5 Å². The number of carboxylic acids is 1. The number of aromatic nitrogens is 7. The molecule has 2 aromatic carbocycles. The third-order valence-corrected chi connectivity index (χ3v) is 4.94. The van der Waals surface area contributed by atoms with Gasteiger partial charge in [-0.05, 0) is 28.3 Å². The lowest BCUT2D eigenvalue weighted by Crippen LogP contribution is -2.07. The van der Waals surface area contributed by atoms with Crippen molar-refractivity contribution in [3.63, 3.8) is 0 Å². The molecular weight excluding hydrogens is 394 g/mol. The van der Waals surface area contributed by atoms with E-state index in [-0.39, 0.29) is 6.42 Å². The fourth-order valence-electron chi connectivity index (χ4n) is 3.45. The molecule has 0 radical (unpaired) electrons. The number of hydrogen-bond acceptors (Lipinski definition) is 6. The van der Waals surface area contributed by atoms with Crippen LogP contribution in [0, 0.1) is 0 Å². The van der Waals surface area contributed by atoms with Crippen LogP contribution in [0.1, 0.15) is 37.0 Å². The molecule has 2 heterocycles. The number of tetrazole rings is 1. The number of hydrogen-bond donors (Lipinski definition) is 2. The van der Waals surface area contributed by atoms with E-state index in [4.69, 9.17) is 5.11 Å². The van der Waals surface area contributed by atoms with Crippen LogP contribution in [0.3, 0.4) is 0 Å². The molecule has 0 fully saturated rings. The second kappa shape index (κ2) is 9.29. The van der Waals surface area contributed by atoms with Gasteiger partial charge in [0.25, 0.3) is 0 Å². The summed E-state index contributed by atoms with van der Waals surface area (Å²) >= 11 is 0. The number of rotatable bonds is 9. The quantitative estimate of drug-likeness (QED) is 0.429. The Kier molecular flexibility index (Phi) is 6.11. The van der Waals surface area contributed by atoms with Gasteiger partial charge in [-0.3, -0.25) is 4.79 Å². The van der Waals surface area contributed by atoms with Crippen LogP contribution in [0.5, 0.6) is 0 Å². The van der Waals surface area contributed by atoms with E-state index in [9.17, 15) is 4.79 Å². The van der Waals surface area contributed by atoms with E-state index in [0.717, 1.165) is 40.9 Å². The first-order chi connectivity index (χ1) is 15.1. The number of aryl methyl sites for hydroxylation is 2. The summed E-state index contributed by atoms with van der Waals surface area (Å²) in [4.78, 5) is 15.4. The predicted molar refractivity (Wildman–Crippen MR) is 114 cm³/mol. The second-order valence-corrected chi connectivity index (χ2v) is 7.22. The number of nitrogens with one attached hydrogen (secondary N) is 1. The van der Waals surface area contributed by atoms with Crippen LogP contribution in [0.25, 0.3) is 22.5 Å².